The fourth-order valence-electron chi connectivity index (χ4n) is 5.20. The van der Waals surface area contributed by atoms with Gasteiger partial charge >= 0.3 is 6.09 Å². The van der Waals surface area contributed by atoms with Crippen molar-refractivity contribution in [3.8, 4) is 0 Å². The number of imidazole rings is 1. The standard InChI is InChI=1S/C29H39Cl2N5O2/c1-29(2,3)38-28(37)32-16-19-10-12-22(30)24(13-19)33-27-34-25-14-21(23(31)15-26(25)35-27)20-8-6-7-18(9-11-20)17-36(4)5/h10,12-15,18,20H,6-9,11,16-17H2,1-5H3,(H,32,37)(H2,33,34,35). The Morgan fingerprint density at radius 2 is 1.89 bits per heavy atom. The van der Waals surface area contributed by atoms with Crippen molar-refractivity contribution in [2.75, 3.05) is 26.0 Å². The lowest BCUT2D eigenvalue weighted by Crippen LogP contribution is -2.32. The number of amides is 1. The number of rotatable bonds is 7. The van der Waals surface area contributed by atoms with Gasteiger partial charge in [-0.2, -0.15) is 0 Å². The molecule has 0 spiro atoms. The molecule has 1 aromatic heterocycles. The normalized spacial score (nSPS) is 18.4. The van der Waals surface area contributed by atoms with Crippen LogP contribution in [-0.4, -0.2) is 47.2 Å². The fraction of sp³-hybridized carbons (Fsp3) is 0.517. The quantitative estimate of drug-likeness (QED) is 0.256. The maximum Gasteiger partial charge on any atom is 0.407 e. The first kappa shape index (κ1) is 28.5. The van der Waals surface area contributed by atoms with E-state index in [1.807, 2.05) is 39.0 Å². The summed E-state index contributed by atoms with van der Waals surface area (Å²) >= 11 is 13.2. The van der Waals surface area contributed by atoms with E-state index in [2.05, 4.69) is 40.7 Å². The predicted molar refractivity (Wildman–Crippen MR) is 157 cm³/mol. The van der Waals surface area contributed by atoms with Gasteiger partial charge in [-0.15, -0.1) is 0 Å². The average molecular weight is 561 g/mol. The summed E-state index contributed by atoms with van der Waals surface area (Å²) in [7, 11) is 4.31. The molecule has 0 radical (unpaired) electrons. The van der Waals surface area contributed by atoms with Crippen LogP contribution in [0.1, 0.15) is 69.9 Å². The topological polar surface area (TPSA) is 82.3 Å². The first-order chi connectivity index (χ1) is 18.0. The molecule has 2 aromatic carbocycles. The molecule has 4 rings (SSSR count). The molecule has 0 bridgehead atoms. The summed E-state index contributed by atoms with van der Waals surface area (Å²) in [5, 5.41) is 7.39. The van der Waals surface area contributed by atoms with Crippen LogP contribution in [0, 0.1) is 5.92 Å². The van der Waals surface area contributed by atoms with Gasteiger partial charge in [-0.1, -0.05) is 35.7 Å². The number of hydrogen-bond donors (Lipinski definition) is 3. The minimum Gasteiger partial charge on any atom is -0.444 e. The third-order valence-corrected chi connectivity index (χ3v) is 7.53. The number of H-pyrrole nitrogens is 1. The zero-order valence-electron chi connectivity index (χ0n) is 23.0. The summed E-state index contributed by atoms with van der Waals surface area (Å²) in [6.07, 6.45) is 5.58. The number of nitrogens with zero attached hydrogens (tertiary/aromatic N) is 2. The molecule has 1 aliphatic carbocycles. The Morgan fingerprint density at radius 1 is 1.11 bits per heavy atom. The molecule has 1 fully saturated rings. The van der Waals surface area contributed by atoms with E-state index < -0.39 is 11.7 Å². The van der Waals surface area contributed by atoms with Crippen molar-refractivity contribution in [2.24, 2.45) is 5.92 Å². The molecule has 3 aromatic rings. The van der Waals surface area contributed by atoms with Crippen LogP contribution < -0.4 is 10.6 Å². The summed E-state index contributed by atoms with van der Waals surface area (Å²) in [5.74, 6) is 1.79. The Bertz CT molecular complexity index is 1270. The SMILES string of the molecule is CN(C)CC1CCCC(c2cc3[nH]c(Nc4cc(CNC(=O)OC(C)(C)C)ccc4Cl)nc3cc2Cl)CC1. The van der Waals surface area contributed by atoms with Crippen LogP contribution in [0.15, 0.2) is 30.3 Å². The number of hydrogen-bond acceptors (Lipinski definition) is 5. The molecular formula is C29H39Cl2N5O2. The van der Waals surface area contributed by atoms with Crippen LogP contribution in [0.5, 0.6) is 0 Å². The van der Waals surface area contributed by atoms with Gasteiger partial charge in [0, 0.05) is 18.1 Å². The summed E-state index contributed by atoms with van der Waals surface area (Å²) in [6, 6.07) is 9.67. The molecule has 9 heteroatoms. The number of ether oxygens (including phenoxy) is 1. The summed E-state index contributed by atoms with van der Waals surface area (Å²) in [4.78, 5) is 22.4. The smallest absolute Gasteiger partial charge is 0.407 e. The minimum atomic E-state index is -0.550. The summed E-state index contributed by atoms with van der Waals surface area (Å²) in [5.41, 5.74) is 3.97. The number of benzene rings is 2. The Morgan fingerprint density at radius 3 is 2.63 bits per heavy atom. The van der Waals surface area contributed by atoms with E-state index in [0.29, 0.717) is 29.1 Å². The highest BCUT2D eigenvalue weighted by Gasteiger charge is 2.23. The van der Waals surface area contributed by atoms with E-state index in [0.717, 1.165) is 46.9 Å². The number of anilines is 2. The molecule has 1 amide bonds. The maximum atomic E-state index is 12.0. The van der Waals surface area contributed by atoms with Crippen molar-refractivity contribution in [1.82, 2.24) is 20.2 Å². The van der Waals surface area contributed by atoms with Gasteiger partial charge in [0.25, 0.3) is 0 Å². The zero-order chi connectivity index (χ0) is 27.4. The van der Waals surface area contributed by atoms with E-state index in [-0.39, 0.29) is 0 Å². The van der Waals surface area contributed by atoms with Gasteiger partial charge in [0.1, 0.15) is 5.60 Å². The number of nitrogens with one attached hydrogen (secondary N) is 3. The second-order valence-electron chi connectivity index (χ2n) is 11.6. The molecule has 1 aliphatic rings. The fourth-order valence-corrected chi connectivity index (χ4v) is 5.68. The van der Waals surface area contributed by atoms with Gasteiger partial charge < -0.3 is 25.3 Å². The van der Waals surface area contributed by atoms with Crippen LogP contribution in [0.4, 0.5) is 16.4 Å². The molecule has 3 N–H and O–H groups in total. The molecule has 2 unspecified atom stereocenters. The van der Waals surface area contributed by atoms with Crippen LogP contribution in [0.3, 0.4) is 0 Å². The number of carbonyl (C=O) groups excluding carboxylic acids is 1. The Balaban J connectivity index is 1.46. The van der Waals surface area contributed by atoms with Gasteiger partial charge in [-0.25, -0.2) is 9.78 Å². The van der Waals surface area contributed by atoms with E-state index in [9.17, 15) is 4.79 Å². The van der Waals surface area contributed by atoms with Crippen LogP contribution in [0.2, 0.25) is 10.0 Å². The predicted octanol–water partition coefficient (Wildman–Crippen LogP) is 7.86. The number of aromatic nitrogens is 2. The van der Waals surface area contributed by atoms with Crippen molar-refractivity contribution < 1.29 is 9.53 Å². The van der Waals surface area contributed by atoms with Gasteiger partial charge in [0.2, 0.25) is 5.95 Å². The molecule has 0 saturated heterocycles. The maximum absolute atomic E-state index is 12.0. The van der Waals surface area contributed by atoms with E-state index >= 15 is 0 Å². The summed E-state index contributed by atoms with van der Waals surface area (Å²) < 4.78 is 5.31. The monoisotopic (exact) mass is 559 g/mol. The number of aromatic amines is 1. The first-order valence-corrected chi connectivity index (χ1v) is 14.1. The number of carbonyl (C=O) groups is 1. The third kappa shape index (κ3) is 7.78. The highest BCUT2D eigenvalue weighted by molar-refractivity contribution is 6.33. The van der Waals surface area contributed by atoms with E-state index in [1.54, 1.807) is 6.07 Å². The van der Waals surface area contributed by atoms with Crippen molar-refractivity contribution in [2.45, 2.75) is 70.9 Å². The van der Waals surface area contributed by atoms with Gasteiger partial charge in [0.05, 0.1) is 21.7 Å². The Labute approximate surface area is 235 Å². The van der Waals surface area contributed by atoms with Gasteiger partial charge in [0.15, 0.2) is 0 Å². The molecule has 38 heavy (non-hydrogen) atoms. The molecule has 1 saturated carbocycles. The highest BCUT2D eigenvalue weighted by atomic mass is 35.5. The van der Waals surface area contributed by atoms with Crippen molar-refractivity contribution in [3.05, 3.63) is 51.5 Å². The second-order valence-corrected chi connectivity index (χ2v) is 12.4. The van der Waals surface area contributed by atoms with Crippen molar-refractivity contribution >= 4 is 52.0 Å². The molecule has 1 heterocycles. The lowest BCUT2D eigenvalue weighted by atomic mass is 9.91. The lowest BCUT2D eigenvalue weighted by Gasteiger charge is -2.19. The van der Waals surface area contributed by atoms with E-state index in [4.69, 9.17) is 32.9 Å². The molecule has 206 valence electrons. The highest BCUT2D eigenvalue weighted by Crippen LogP contribution is 2.39. The van der Waals surface area contributed by atoms with E-state index in [1.165, 1.54) is 24.8 Å². The minimum absolute atomic E-state index is 0.316. The number of alkyl carbamates (subject to hydrolysis) is 1. The molecule has 7 nitrogen and oxygen atoms in total. The van der Waals surface area contributed by atoms with Gasteiger partial charge in [-0.05, 0) is 108 Å². The first-order valence-electron chi connectivity index (χ1n) is 13.3. The molecular weight excluding hydrogens is 521 g/mol. The number of fused-ring (bicyclic) bond motifs is 1. The Kier molecular flexibility index (Phi) is 9.11. The molecule has 2 atom stereocenters. The third-order valence-electron chi connectivity index (χ3n) is 6.87. The van der Waals surface area contributed by atoms with Crippen LogP contribution >= 0.6 is 23.2 Å². The zero-order valence-corrected chi connectivity index (χ0v) is 24.5. The lowest BCUT2D eigenvalue weighted by molar-refractivity contribution is 0.0523. The van der Waals surface area contributed by atoms with Crippen LogP contribution in [-0.2, 0) is 11.3 Å². The molecule has 0 aliphatic heterocycles. The Hall–Kier alpha value is -2.48. The van der Waals surface area contributed by atoms with Crippen molar-refractivity contribution in [1.29, 1.82) is 0 Å². The summed E-state index contributed by atoms with van der Waals surface area (Å²) in [6.45, 7) is 6.96. The van der Waals surface area contributed by atoms with Crippen LogP contribution in [0.25, 0.3) is 11.0 Å². The van der Waals surface area contributed by atoms with Crippen molar-refractivity contribution in [3.63, 3.8) is 0 Å². The second kappa shape index (κ2) is 12.1. The van der Waals surface area contributed by atoms with Gasteiger partial charge in [-0.3, -0.25) is 0 Å². The largest absolute Gasteiger partial charge is 0.444 e. The number of halogens is 2. The average Bonchev–Trinajstić information content (AvgIpc) is 3.05.